The van der Waals surface area contributed by atoms with Crippen LogP contribution >= 0.6 is 23.2 Å². The van der Waals surface area contributed by atoms with Crippen molar-refractivity contribution in [2.45, 2.75) is 12.5 Å². The molecule has 1 unspecified atom stereocenters. The van der Waals surface area contributed by atoms with E-state index in [4.69, 9.17) is 28.9 Å². The van der Waals surface area contributed by atoms with Gasteiger partial charge < -0.3 is 5.73 Å². The van der Waals surface area contributed by atoms with Crippen LogP contribution in [0.25, 0.3) is 0 Å². The number of nitrogens with two attached hydrogens (primary N) is 1. The van der Waals surface area contributed by atoms with E-state index in [1.807, 2.05) is 12.1 Å². The van der Waals surface area contributed by atoms with Gasteiger partial charge in [0.2, 0.25) is 0 Å². The van der Waals surface area contributed by atoms with Gasteiger partial charge in [0, 0.05) is 30.6 Å². The number of nitrogens with zero attached hydrogens (tertiary/aromatic N) is 3. The molecule has 0 aliphatic heterocycles. The molecule has 0 aliphatic rings. The quantitative estimate of drug-likeness (QED) is 0.264. The van der Waals surface area contributed by atoms with Crippen LogP contribution in [0, 0.1) is 0 Å². The van der Waals surface area contributed by atoms with Crippen LogP contribution in [0.5, 0.6) is 0 Å². The molecule has 3 N–H and O–H groups in total. The van der Waals surface area contributed by atoms with E-state index in [2.05, 4.69) is 20.5 Å². The Labute approximate surface area is 172 Å². The van der Waals surface area contributed by atoms with Gasteiger partial charge in [0.15, 0.2) is 11.6 Å². The van der Waals surface area contributed by atoms with Crippen LogP contribution in [0.2, 0.25) is 10.0 Å². The molecule has 8 heteroatoms. The van der Waals surface area contributed by atoms with Gasteiger partial charge in [-0.2, -0.15) is 5.10 Å². The summed E-state index contributed by atoms with van der Waals surface area (Å²) in [5, 5.41) is 4.93. The fraction of sp³-hybridized carbons (Fsp3) is 0.100. The highest BCUT2D eigenvalue weighted by atomic mass is 35.5. The van der Waals surface area contributed by atoms with Crippen molar-refractivity contribution < 1.29 is 4.79 Å². The number of carbonyl (C=O) groups is 1. The molecule has 2 aromatic heterocycles. The minimum atomic E-state index is -0.432. The first kappa shape index (κ1) is 19.8. The molecule has 1 atom stereocenters. The zero-order valence-electron chi connectivity index (χ0n) is 14.7. The smallest absolute Gasteiger partial charge is 0.169 e. The van der Waals surface area contributed by atoms with Crippen molar-refractivity contribution in [1.82, 2.24) is 15.4 Å². The predicted molar refractivity (Wildman–Crippen MR) is 110 cm³/mol. The third-order valence-corrected chi connectivity index (χ3v) is 4.73. The van der Waals surface area contributed by atoms with Gasteiger partial charge >= 0.3 is 0 Å². The number of ketones is 1. The van der Waals surface area contributed by atoms with Gasteiger partial charge in [-0.1, -0.05) is 35.3 Å². The molecule has 28 heavy (non-hydrogen) atoms. The van der Waals surface area contributed by atoms with E-state index in [1.54, 1.807) is 55.0 Å². The first-order valence-corrected chi connectivity index (χ1v) is 9.18. The molecule has 2 heterocycles. The Morgan fingerprint density at radius 3 is 2.64 bits per heavy atom. The number of aromatic nitrogens is 2. The lowest BCUT2D eigenvalue weighted by molar-refractivity contribution is 0.0968. The van der Waals surface area contributed by atoms with Crippen LogP contribution in [0.4, 0.5) is 0 Å². The molecule has 3 rings (SSSR count). The van der Waals surface area contributed by atoms with Crippen molar-refractivity contribution in [2.24, 2.45) is 10.8 Å². The number of nitrogens with one attached hydrogen (secondary N) is 1. The Kier molecular flexibility index (Phi) is 6.57. The highest BCUT2D eigenvalue weighted by Crippen LogP contribution is 2.25. The van der Waals surface area contributed by atoms with E-state index < -0.39 is 6.04 Å². The van der Waals surface area contributed by atoms with E-state index in [9.17, 15) is 4.79 Å². The van der Waals surface area contributed by atoms with Crippen molar-refractivity contribution >= 4 is 34.8 Å². The summed E-state index contributed by atoms with van der Waals surface area (Å²) >= 11 is 12.0. The van der Waals surface area contributed by atoms with Gasteiger partial charge in [0.1, 0.15) is 5.69 Å². The predicted octanol–water partition coefficient (Wildman–Crippen LogP) is 4.01. The Bertz CT molecular complexity index is 980. The molecule has 1 aromatic carbocycles. The van der Waals surface area contributed by atoms with Crippen molar-refractivity contribution in [3.8, 4) is 0 Å². The number of hydrazone groups is 1. The maximum atomic E-state index is 12.8. The Morgan fingerprint density at radius 1 is 1.11 bits per heavy atom. The second-order valence-corrected chi connectivity index (χ2v) is 6.75. The summed E-state index contributed by atoms with van der Waals surface area (Å²) in [7, 11) is 0. The lowest BCUT2D eigenvalue weighted by Gasteiger charge is -2.17. The minimum Gasteiger partial charge on any atom is -0.380 e. The molecule has 3 aromatic rings. The summed E-state index contributed by atoms with van der Waals surface area (Å²) in [4.78, 5) is 21.0. The van der Waals surface area contributed by atoms with Gasteiger partial charge in [-0.25, -0.2) is 0 Å². The first-order valence-electron chi connectivity index (χ1n) is 8.43. The maximum absolute atomic E-state index is 12.8. The summed E-state index contributed by atoms with van der Waals surface area (Å²) in [6.45, 7) is 0. The van der Waals surface area contributed by atoms with Crippen molar-refractivity contribution in [3.63, 3.8) is 0 Å². The van der Waals surface area contributed by atoms with Gasteiger partial charge in [-0.05, 0) is 42.0 Å². The normalized spacial score (nSPS) is 12.4. The standard InChI is InChI=1S/C20H17Cl2N5O/c21-15-7-6-13(10-16(15)22)19(28)11-18(14-4-3-8-24-12-14)26-27-20(23)17-5-1-2-9-25-17/h1-10,12,18,26H,11H2,(H2,23,27). The Morgan fingerprint density at radius 2 is 1.96 bits per heavy atom. The number of benzene rings is 1. The second kappa shape index (κ2) is 9.30. The number of Topliss-reactive ketones (excluding diaryl/α,β-unsaturated/α-hetero) is 1. The summed E-state index contributed by atoms with van der Waals surface area (Å²) in [5.74, 6) is 0.100. The third-order valence-electron chi connectivity index (χ3n) is 3.99. The molecule has 0 fully saturated rings. The maximum Gasteiger partial charge on any atom is 0.169 e. The summed E-state index contributed by atoms with van der Waals surface area (Å²) < 4.78 is 0. The number of hydrogen-bond donors (Lipinski definition) is 2. The fourth-order valence-corrected chi connectivity index (χ4v) is 2.81. The molecular weight excluding hydrogens is 397 g/mol. The molecule has 0 spiro atoms. The summed E-state index contributed by atoms with van der Waals surface area (Å²) in [6.07, 6.45) is 5.09. The van der Waals surface area contributed by atoms with Crippen LogP contribution in [-0.2, 0) is 0 Å². The Balaban J connectivity index is 1.81. The van der Waals surface area contributed by atoms with Crippen molar-refractivity contribution in [1.29, 1.82) is 0 Å². The Hall–Kier alpha value is -2.96. The van der Waals surface area contributed by atoms with Crippen molar-refractivity contribution in [2.75, 3.05) is 0 Å². The van der Waals surface area contributed by atoms with E-state index in [1.165, 1.54) is 0 Å². The second-order valence-electron chi connectivity index (χ2n) is 5.94. The number of amidine groups is 1. The van der Waals surface area contributed by atoms with Gasteiger partial charge in [-0.3, -0.25) is 20.2 Å². The molecule has 0 bridgehead atoms. The number of pyridine rings is 2. The zero-order chi connectivity index (χ0) is 19.9. The molecule has 0 saturated carbocycles. The van der Waals surface area contributed by atoms with Crippen LogP contribution < -0.4 is 11.2 Å². The van der Waals surface area contributed by atoms with E-state index >= 15 is 0 Å². The van der Waals surface area contributed by atoms with E-state index in [0.29, 0.717) is 21.3 Å². The monoisotopic (exact) mass is 413 g/mol. The molecule has 0 saturated heterocycles. The number of halogens is 2. The van der Waals surface area contributed by atoms with E-state index in [-0.39, 0.29) is 18.0 Å². The van der Waals surface area contributed by atoms with Gasteiger partial charge in [-0.15, -0.1) is 0 Å². The fourth-order valence-electron chi connectivity index (χ4n) is 2.51. The first-order chi connectivity index (χ1) is 13.5. The SMILES string of the molecule is N/C(=N\NC(CC(=O)c1ccc(Cl)c(Cl)c1)c1cccnc1)c1ccccn1. The number of hydrogen-bond acceptors (Lipinski definition) is 5. The van der Waals surface area contributed by atoms with Crippen molar-refractivity contribution in [3.05, 3.63) is 94.0 Å². The van der Waals surface area contributed by atoms with E-state index in [0.717, 1.165) is 5.56 Å². The average molecular weight is 414 g/mol. The number of rotatable bonds is 7. The minimum absolute atomic E-state index is 0.119. The van der Waals surface area contributed by atoms with Crippen LogP contribution in [0.3, 0.4) is 0 Å². The van der Waals surface area contributed by atoms with Gasteiger partial charge in [0.05, 0.1) is 16.1 Å². The average Bonchev–Trinajstić information content (AvgIpc) is 2.74. The zero-order valence-corrected chi connectivity index (χ0v) is 16.2. The van der Waals surface area contributed by atoms with Crippen LogP contribution in [-0.4, -0.2) is 21.6 Å². The molecule has 0 aliphatic carbocycles. The topological polar surface area (TPSA) is 93.3 Å². The summed E-state index contributed by atoms with van der Waals surface area (Å²) in [5.41, 5.74) is 10.8. The largest absolute Gasteiger partial charge is 0.380 e. The molecule has 0 amide bonds. The molecule has 142 valence electrons. The van der Waals surface area contributed by atoms with Crippen LogP contribution in [0.15, 0.2) is 72.2 Å². The molecule has 0 radical (unpaired) electrons. The lowest BCUT2D eigenvalue weighted by atomic mass is 9.99. The highest BCUT2D eigenvalue weighted by molar-refractivity contribution is 6.42. The number of carbonyl (C=O) groups excluding carboxylic acids is 1. The lowest BCUT2D eigenvalue weighted by Crippen LogP contribution is -2.25. The molecular formula is C20H17Cl2N5O. The summed E-state index contributed by atoms with van der Waals surface area (Å²) in [6, 6.07) is 13.4. The van der Waals surface area contributed by atoms with Gasteiger partial charge in [0.25, 0.3) is 0 Å². The third kappa shape index (κ3) is 5.06. The van der Waals surface area contributed by atoms with Crippen LogP contribution in [0.1, 0.15) is 34.1 Å². The molecule has 6 nitrogen and oxygen atoms in total. The highest BCUT2D eigenvalue weighted by Gasteiger charge is 2.18.